The maximum absolute atomic E-state index is 12.7. The van der Waals surface area contributed by atoms with Crippen molar-refractivity contribution in [3.05, 3.63) is 76.1 Å². The molecule has 2 aromatic heterocycles. The molecule has 5 rings (SSSR count). The average molecular weight is 436 g/mol. The van der Waals surface area contributed by atoms with Crippen LogP contribution >= 0.6 is 34.5 Å². The second kappa shape index (κ2) is 7.22. The molecule has 0 aliphatic carbocycles. The van der Waals surface area contributed by atoms with E-state index in [1.165, 1.54) is 21.8 Å². The van der Waals surface area contributed by atoms with Gasteiger partial charge >= 0.3 is 0 Å². The van der Waals surface area contributed by atoms with Crippen LogP contribution in [0.3, 0.4) is 0 Å². The Morgan fingerprint density at radius 2 is 1.79 bits per heavy atom. The molecule has 3 aromatic carbocycles. The van der Waals surface area contributed by atoms with Gasteiger partial charge in [-0.2, -0.15) is 4.37 Å². The third-order valence-electron chi connectivity index (χ3n) is 4.58. The van der Waals surface area contributed by atoms with Gasteiger partial charge in [-0.3, -0.25) is 4.79 Å². The molecule has 7 heteroatoms. The van der Waals surface area contributed by atoms with Crippen LogP contribution in [0.1, 0.15) is 15.2 Å². The van der Waals surface area contributed by atoms with Gasteiger partial charge < -0.3 is 5.32 Å². The monoisotopic (exact) mass is 435 g/mol. The first-order valence-corrected chi connectivity index (χ1v) is 10.9. The summed E-state index contributed by atoms with van der Waals surface area (Å²) in [5.74, 6) is -0.192. The molecule has 29 heavy (non-hydrogen) atoms. The van der Waals surface area contributed by atoms with E-state index in [0.717, 1.165) is 32.7 Å². The zero-order valence-corrected chi connectivity index (χ0v) is 17.7. The van der Waals surface area contributed by atoms with E-state index in [1.54, 1.807) is 23.5 Å². The van der Waals surface area contributed by atoms with E-state index >= 15 is 0 Å². The van der Waals surface area contributed by atoms with Crippen molar-refractivity contribution in [3.8, 4) is 10.6 Å². The first-order valence-electron chi connectivity index (χ1n) is 8.91. The summed E-state index contributed by atoms with van der Waals surface area (Å²) in [4.78, 5) is 18.0. The van der Waals surface area contributed by atoms with Gasteiger partial charge in [-0.1, -0.05) is 17.7 Å². The van der Waals surface area contributed by atoms with Gasteiger partial charge in [0.1, 0.15) is 9.88 Å². The Morgan fingerprint density at radius 1 is 1.00 bits per heavy atom. The SMILES string of the molecule is Cc1ccc2nc(-c3ccc(NC(=O)c4snc5ccc(Cl)cc45)cc3)sc2c1. The van der Waals surface area contributed by atoms with Crippen molar-refractivity contribution in [2.45, 2.75) is 6.92 Å². The molecule has 0 atom stereocenters. The molecular formula is C22H14ClN3OS2. The predicted molar refractivity (Wildman–Crippen MR) is 122 cm³/mol. The van der Waals surface area contributed by atoms with Gasteiger partial charge in [0.15, 0.2) is 0 Å². The molecular weight excluding hydrogens is 422 g/mol. The van der Waals surface area contributed by atoms with Gasteiger partial charge in [0.2, 0.25) is 0 Å². The van der Waals surface area contributed by atoms with Gasteiger partial charge in [0.25, 0.3) is 5.91 Å². The van der Waals surface area contributed by atoms with Crippen molar-refractivity contribution in [1.29, 1.82) is 0 Å². The zero-order valence-electron chi connectivity index (χ0n) is 15.3. The summed E-state index contributed by atoms with van der Waals surface area (Å²) in [6.07, 6.45) is 0. The summed E-state index contributed by atoms with van der Waals surface area (Å²) in [5.41, 5.74) is 4.74. The lowest BCUT2D eigenvalue weighted by molar-refractivity contribution is 0.103. The summed E-state index contributed by atoms with van der Waals surface area (Å²) >= 11 is 8.91. The molecule has 0 aliphatic rings. The van der Waals surface area contributed by atoms with E-state index in [1.807, 2.05) is 36.4 Å². The van der Waals surface area contributed by atoms with Crippen LogP contribution in [-0.4, -0.2) is 15.3 Å². The topological polar surface area (TPSA) is 54.9 Å². The Bertz CT molecular complexity index is 1370. The normalized spacial score (nSPS) is 11.2. The Labute approximate surface area is 180 Å². The standard InChI is InChI=1S/C22H14ClN3OS2/c1-12-2-8-18-19(10-12)28-22(25-18)13-3-6-15(7-4-13)24-21(27)20-16-11-14(23)5-9-17(16)26-29-20/h2-11H,1H3,(H,24,27). The number of aryl methyl sites for hydroxylation is 1. The minimum absolute atomic E-state index is 0.192. The Morgan fingerprint density at radius 3 is 2.62 bits per heavy atom. The summed E-state index contributed by atoms with van der Waals surface area (Å²) < 4.78 is 5.49. The second-order valence-electron chi connectivity index (χ2n) is 6.69. The number of rotatable bonds is 3. The maximum atomic E-state index is 12.7. The highest BCUT2D eigenvalue weighted by molar-refractivity contribution is 7.21. The van der Waals surface area contributed by atoms with Crippen LogP contribution in [0.4, 0.5) is 5.69 Å². The number of nitrogens with one attached hydrogen (secondary N) is 1. The van der Waals surface area contributed by atoms with E-state index in [4.69, 9.17) is 16.6 Å². The third kappa shape index (κ3) is 3.51. The first-order chi connectivity index (χ1) is 14.1. The van der Waals surface area contributed by atoms with Gasteiger partial charge in [0, 0.05) is 21.7 Å². The summed E-state index contributed by atoms with van der Waals surface area (Å²) in [6.45, 7) is 2.08. The molecule has 1 N–H and O–H groups in total. The number of carbonyl (C=O) groups excluding carboxylic acids is 1. The van der Waals surface area contributed by atoms with Crippen molar-refractivity contribution < 1.29 is 4.79 Å². The Kier molecular flexibility index (Phi) is 4.54. The minimum Gasteiger partial charge on any atom is -0.321 e. The zero-order chi connectivity index (χ0) is 20.0. The molecule has 142 valence electrons. The fourth-order valence-corrected chi connectivity index (χ4v) is 5.10. The number of hydrogen-bond donors (Lipinski definition) is 1. The lowest BCUT2D eigenvalue weighted by Crippen LogP contribution is -2.10. The number of halogens is 1. The lowest BCUT2D eigenvalue weighted by Gasteiger charge is -2.05. The van der Waals surface area contributed by atoms with E-state index in [9.17, 15) is 4.79 Å². The van der Waals surface area contributed by atoms with Crippen LogP contribution in [-0.2, 0) is 0 Å². The second-order valence-corrected chi connectivity index (χ2v) is 8.94. The average Bonchev–Trinajstić information content (AvgIpc) is 3.32. The van der Waals surface area contributed by atoms with Gasteiger partial charge in [-0.05, 0) is 78.6 Å². The molecule has 2 heterocycles. The molecule has 0 aliphatic heterocycles. The maximum Gasteiger partial charge on any atom is 0.268 e. The molecule has 0 spiro atoms. The highest BCUT2D eigenvalue weighted by Crippen LogP contribution is 2.32. The van der Waals surface area contributed by atoms with Crippen LogP contribution in [0.15, 0.2) is 60.7 Å². The number of thiazole rings is 1. The summed E-state index contributed by atoms with van der Waals surface area (Å²) in [5, 5.41) is 5.25. The number of benzene rings is 3. The molecule has 0 radical (unpaired) electrons. The lowest BCUT2D eigenvalue weighted by atomic mass is 10.2. The van der Waals surface area contributed by atoms with Crippen LogP contribution in [0.25, 0.3) is 31.7 Å². The van der Waals surface area contributed by atoms with Crippen LogP contribution < -0.4 is 5.32 Å². The third-order valence-corrected chi connectivity index (χ3v) is 6.76. The van der Waals surface area contributed by atoms with E-state index < -0.39 is 0 Å². The Balaban J connectivity index is 1.39. The number of hydrogen-bond acceptors (Lipinski definition) is 5. The fourth-order valence-electron chi connectivity index (χ4n) is 3.12. The number of carbonyl (C=O) groups is 1. The smallest absolute Gasteiger partial charge is 0.268 e. The highest BCUT2D eigenvalue weighted by atomic mass is 35.5. The van der Waals surface area contributed by atoms with Crippen molar-refractivity contribution in [2.75, 3.05) is 5.32 Å². The number of amides is 1. The minimum atomic E-state index is -0.192. The largest absolute Gasteiger partial charge is 0.321 e. The Hall–Kier alpha value is -2.80. The highest BCUT2D eigenvalue weighted by Gasteiger charge is 2.15. The predicted octanol–water partition coefficient (Wildman–Crippen LogP) is 6.79. The number of nitrogens with zero attached hydrogens (tertiary/aromatic N) is 2. The van der Waals surface area contributed by atoms with Crippen molar-refractivity contribution in [3.63, 3.8) is 0 Å². The molecule has 1 amide bonds. The first kappa shape index (κ1) is 18.2. The molecule has 5 aromatic rings. The van der Waals surface area contributed by atoms with E-state index in [2.05, 4.69) is 28.7 Å². The molecule has 0 fully saturated rings. The summed E-state index contributed by atoms with van der Waals surface area (Å²) in [6, 6.07) is 19.4. The molecule has 0 saturated carbocycles. The molecule has 0 bridgehead atoms. The van der Waals surface area contributed by atoms with Crippen molar-refractivity contribution in [1.82, 2.24) is 9.36 Å². The molecule has 4 nitrogen and oxygen atoms in total. The fraction of sp³-hybridized carbons (Fsp3) is 0.0455. The van der Waals surface area contributed by atoms with Gasteiger partial charge in [0.05, 0.1) is 15.7 Å². The van der Waals surface area contributed by atoms with Gasteiger partial charge in [-0.25, -0.2) is 4.98 Å². The van der Waals surface area contributed by atoms with Crippen LogP contribution in [0.5, 0.6) is 0 Å². The number of fused-ring (bicyclic) bond motifs is 2. The van der Waals surface area contributed by atoms with Crippen LogP contribution in [0.2, 0.25) is 5.02 Å². The summed E-state index contributed by atoms with van der Waals surface area (Å²) in [7, 11) is 0. The van der Waals surface area contributed by atoms with E-state index in [0.29, 0.717) is 9.90 Å². The van der Waals surface area contributed by atoms with E-state index in [-0.39, 0.29) is 5.91 Å². The number of anilines is 1. The van der Waals surface area contributed by atoms with Gasteiger partial charge in [-0.15, -0.1) is 11.3 Å². The molecule has 0 unspecified atom stereocenters. The van der Waals surface area contributed by atoms with Crippen molar-refractivity contribution in [2.24, 2.45) is 0 Å². The quantitative estimate of drug-likeness (QED) is 0.339. The van der Waals surface area contributed by atoms with Crippen LogP contribution in [0, 0.1) is 6.92 Å². The van der Waals surface area contributed by atoms with Crippen molar-refractivity contribution >= 4 is 67.2 Å². The molecule has 0 saturated heterocycles. The number of aromatic nitrogens is 2.